The highest BCUT2D eigenvalue weighted by molar-refractivity contribution is 6.07. The van der Waals surface area contributed by atoms with Crippen LogP contribution in [-0.4, -0.2) is 17.5 Å². The van der Waals surface area contributed by atoms with Crippen molar-refractivity contribution in [2.75, 3.05) is 6.79 Å². The third-order valence-corrected chi connectivity index (χ3v) is 3.19. The quantitative estimate of drug-likeness (QED) is 0.375. The Hall–Kier alpha value is -3.15. The molecule has 0 saturated carbocycles. The molecule has 6 heteroatoms. The van der Waals surface area contributed by atoms with Crippen molar-refractivity contribution < 1.29 is 19.2 Å². The number of rotatable bonds is 4. The van der Waals surface area contributed by atoms with E-state index in [9.17, 15) is 14.9 Å². The van der Waals surface area contributed by atoms with Crippen LogP contribution in [-0.2, 0) is 0 Å². The first kappa shape index (κ1) is 13.8. The highest BCUT2D eigenvalue weighted by Gasteiger charge is 2.22. The van der Waals surface area contributed by atoms with Crippen molar-refractivity contribution in [1.29, 1.82) is 0 Å². The number of hydrogen-bond acceptors (Lipinski definition) is 5. The molecule has 0 aromatic heterocycles. The topological polar surface area (TPSA) is 78.7 Å². The van der Waals surface area contributed by atoms with Crippen LogP contribution >= 0.6 is 0 Å². The van der Waals surface area contributed by atoms with Gasteiger partial charge >= 0.3 is 0 Å². The molecule has 3 rings (SSSR count). The first-order chi connectivity index (χ1) is 10.6. The SMILES string of the molecule is O=C(C=Cc1cc2c(cc1[N+](=O)[O-])OCO2)c1ccccc1. The molecule has 0 amide bonds. The van der Waals surface area contributed by atoms with Gasteiger partial charge < -0.3 is 9.47 Å². The highest BCUT2D eigenvalue weighted by Crippen LogP contribution is 2.38. The number of allylic oxidation sites excluding steroid dienone is 1. The van der Waals surface area contributed by atoms with Crippen molar-refractivity contribution >= 4 is 17.5 Å². The van der Waals surface area contributed by atoms with Crippen LogP contribution in [0.5, 0.6) is 11.5 Å². The zero-order valence-corrected chi connectivity index (χ0v) is 11.4. The fourth-order valence-electron chi connectivity index (χ4n) is 2.10. The molecule has 1 aliphatic rings. The minimum absolute atomic E-state index is 0.0304. The van der Waals surface area contributed by atoms with E-state index in [0.717, 1.165) is 0 Å². The number of ketones is 1. The number of nitro benzene ring substituents is 1. The molecule has 0 saturated heterocycles. The van der Waals surface area contributed by atoms with Crippen LogP contribution in [0, 0.1) is 10.1 Å². The predicted octanol–water partition coefficient (Wildman–Crippen LogP) is 3.22. The van der Waals surface area contributed by atoms with Gasteiger partial charge in [0.2, 0.25) is 6.79 Å². The Morgan fingerprint density at radius 2 is 1.82 bits per heavy atom. The van der Waals surface area contributed by atoms with Gasteiger partial charge in [0, 0.05) is 5.56 Å². The summed E-state index contributed by atoms with van der Waals surface area (Å²) in [5, 5.41) is 11.1. The number of nitrogens with zero attached hydrogens (tertiary/aromatic N) is 1. The molecule has 0 unspecified atom stereocenters. The zero-order valence-electron chi connectivity index (χ0n) is 11.4. The molecule has 2 aromatic rings. The summed E-state index contributed by atoms with van der Waals surface area (Å²) >= 11 is 0. The van der Waals surface area contributed by atoms with E-state index in [-0.39, 0.29) is 18.3 Å². The molecule has 2 aromatic carbocycles. The second-order valence-corrected chi connectivity index (χ2v) is 4.59. The second kappa shape index (κ2) is 5.69. The zero-order chi connectivity index (χ0) is 15.5. The lowest BCUT2D eigenvalue weighted by Crippen LogP contribution is -1.95. The summed E-state index contributed by atoms with van der Waals surface area (Å²) in [6.45, 7) is 0.0304. The molecule has 0 bridgehead atoms. The Balaban J connectivity index is 1.93. The fraction of sp³-hybridized carbons (Fsp3) is 0.0625. The van der Waals surface area contributed by atoms with Crippen molar-refractivity contribution in [2.24, 2.45) is 0 Å². The molecular formula is C16H11NO5. The van der Waals surface area contributed by atoms with Crippen molar-refractivity contribution in [3.63, 3.8) is 0 Å². The molecule has 1 heterocycles. The Labute approximate surface area is 125 Å². The number of carbonyl (C=O) groups excluding carboxylic acids is 1. The van der Waals surface area contributed by atoms with E-state index in [1.54, 1.807) is 24.3 Å². The molecule has 0 radical (unpaired) electrons. The number of fused-ring (bicyclic) bond motifs is 1. The summed E-state index contributed by atoms with van der Waals surface area (Å²) in [6.07, 6.45) is 2.72. The lowest BCUT2D eigenvalue weighted by Gasteiger charge is -2.01. The largest absolute Gasteiger partial charge is 0.454 e. The van der Waals surface area contributed by atoms with Crippen molar-refractivity contribution in [3.05, 3.63) is 69.8 Å². The van der Waals surface area contributed by atoms with E-state index in [1.165, 1.54) is 24.3 Å². The van der Waals surface area contributed by atoms with Gasteiger partial charge in [-0.15, -0.1) is 0 Å². The van der Waals surface area contributed by atoms with E-state index in [2.05, 4.69) is 0 Å². The molecule has 0 fully saturated rings. The van der Waals surface area contributed by atoms with Gasteiger partial charge in [0.1, 0.15) is 0 Å². The van der Waals surface area contributed by atoms with Gasteiger partial charge in [-0.1, -0.05) is 30.3 Å². The molecule has 0 aliphatic carbocycles. The van der Waals surface area contributed by atoms with Crippen LogP contribution in [0.15, 0.2) is 48.5 Å². The second-order valence-electron chi connectivity index (χ2n) is 4.59. The number of hydrogen-bond donors (Lipinski definition) is 0. The van der Waals surface area contributed by atoms with Gasteiger partial charge in [-0.3, -0.25) is 14.9 Å². The smallest absolute Gasteiger partial charge is 0.280 e. The lowest BCUT2D eigenvalue weighted by atomic mass is 10.1. The van der Waals surface area contributed by atoms with E-state index < -0.39 is 4.92 Å². The van der Waals surface area contributed by atoms with Crippen LogP contribution in [0.2, 0.25) is 0 Å². The maximum Gasteiger partial charge on any atom is 0.280 e. The Morgan fingerprint density at radius 1 is 1.14 bits per heavy atom. The average molecular weight is 297 g/mol. The first-order valence-electron chi connectivity index (χ1n) is 6.50. The summed E-state index contributed by atoms with van der Waals surface area (Å²) in [5.74, 6) is 0.531. The average Bonchev–Trinajstić information content (AvgIpc) is 2.99. The van der Waals surface area contributed by atoms with Gasteiger partial charge in [0.05, 0.1) is 16.6 Å². The molecule has 0 spiro atoms. The maximum absolute atomic E-state index is 12.0. The number of benzene rings is 2. The van der Waals surface area contributed by atoms with Crippen LogP contribution in [0.1, 0.15) is 15.9 Å². The maximum atomic E-state index is 12.0. The lowest BCUT2D eigenvalue weighted by molar-refractivity contribution is -0.385. The van der Waals surface area contributed by atoms with Gasteiger partial charge in [-0.25, -0.2) is 0 Å². The highest BCUT2D eigenvalue weighted by atomic mass is 16.7. The first-order valence-corrected chi connectivity index (χ1v) is 6.50. The molecule has 22 heavy (non-hydrogen) atoms. The Bertz CT molecular complexity index is 768. The molecule has 0 N–H and O–H groups in total. The number of ether oxygens (including phenoxy) is 2. The van der Waals surface area contributed by atoms with Crippen LogP contribution < -0.4 is 9.47 Å². The standard InChI is InChI=1S/C16H11NO5/c18-14(11-4-2-1-3-5-11)7-6-12-8-15-16(22-10-21-15)9-13(12)17(19)20/h1-9H,10H2. The summed E-state index contributed by atoms with van der Waals surface area (Å²) in [7, 11) is 0. The van der Waals surface area contributed by atoms with E-state index in [4.69, 9.17) is 9.47 Å². The summed E-state index contributed by atoms with van der Waals surface area (Å²) in [4.78, 5) is 22.6. The number of carbonyl (C=O) groups is 1. The summed E-state index contributed by atoms with van der Waals surface area (Å²) < 4.78 is 10.3. The van der Waals surface area contributed by atoms with Crippen molar-refractivity contribution in [2.45, 2.75) is 0 Å². The van der Waals surface area contributed by atoms with Crippen LogP contribution in [0.25, 0.3) is 6.08 Å². The van der Waals surface area contributed by atoms with Crippen molar-refractivity contribution in [1.82, 2.24) is 0 Å². The molecule has 110 valence electrons. The van der Waals surface area contributed by atoms with Crippen LogP contribution in [0.3, 0.4) is 0 Å². The summed E-state index contributed by atoms with van der Waals surface area (Å²) in [5.41, 5.74) is 0.669. The Kier molecular flexibility index (Phi) is 3.57. The van der Waals surface area contributed by atoms with Gasteiger partial charge in [-0.05, 0) is 18.2 Å². The molecule has 1 aliphatic heterocycles. The fourth-order valence-corrected chi connectivity index (χ4v) is 2.10. The monoisotopic (exact) mass is 297 g/mol. The minimum Gasteiger partial charge on any atom is -0.454 e. The van der Waals surface area contributed by atoms with E-state index >= 15 is 0 Å². The van der Waals surface area contributed by atoms with Gasteiger partial charge in [0.25, 0.3) is 5.69 Å². The van der Waals surface area contributed by atoms with E-state index in [0.29, 0.717) is 22.6 Å². The van der Waals surface area contributed by atoms with Gasteiger partial charge in [0.15, 0.2) is 17.3 Å². The normalized spacial score (nSPS) is 12.5. The predicted molar refractivity (Wildman–Crippen MR) is 79.0 cm³/mol. The van der Waals surface area contributed by atoms with Crippen LogP contribution in [0.4, 0.5) is 5.69 Å². The molecule has 0 atom stereocenters. The Morgan fingerprint density at radius 3 is 2.50 bits per heavy atom. The molecule has 6 nitrogen and oxygen atoms in total. The molecular weight excluding hydrogens is 286 g/mol. The van der Waals surface area contributed by atoms with E-state index in [1.807, 2.05) is 6.07 Å². The minimum atomic E-state index is -0.519. The summed E-state index contributed by atoms with van der Waals surface area (Å²) in [6, 6.07) is 11.5. The van der Waals surface area contributed by atoms with Crippen molar-refractivity contribution in [3.8, 4) is 11.5 Å². The third-order valence-electron chi connectivity index (χ3n) is 3.19. The number of nitro groups is 1. The van der Waals surface area contributed by atoms with Gasteiger partial charge in [-0.2, -0.15) is 0 Å². The third kappa shape index (κ3) is 2.67.